The van der Waals surface area contributed by atoms with Gasteiger partial charge in [0.2, 0.25) is 0 Å². The molecule has 1 aromatic heterocycles. The van der Waals surface area contributed by atoms with Crippen molar-refractivity contribution in [1.82, 2.24) is 10.2 Å². The summed E-state index contributed by atoms with van der Waals surface area (Å²) in [6.45, 7) is 0.303. The van der Waals surface area contributed by atoms with Crippen LogP contribution in [-0.4, -0.2) is 37.4 Å². The van der Waals surface area contributed by atoms with Crippen molar-refractivity contribution >= 4 is 21.8 Å². The highest BCUT2D eigenvalue weighted by molar-refractivity contribution is 7.90. The van der Waals surface area contributed by atoms with Gasteiger partial charge < -0.3 is 14.6 Å². The summed E-state index contributed by atoms with van der Waals surface area (Å²) in [5.74, 6) is 1.07. The standard InChI is InChI=1S/C16H17N3O4S/c20-16(17-13-2-1-3-14-12(13)6-8-23-14)11-4-5-15-18-24(21,22)9-7-19(15)10-11/h4-6,8,10,13H,1-3,7,9H2,(H,17,20). The molecule has 0 spiro atoms. The Hall–Kier alpha value is -2.35. The summed E-state index contributed by atoms with van der Waals surface area (Å²) in [6, 6.07) is 1.86. The quantitative estimate of drug-likeness (QED) is 0.870. The monoisotopic (exact) mass is 347 g/mol. The molecule has 1 unspecified atom stereocenters. The number of hydrogen-bond acceptors (Lipinski definition) is 5. The van der Waals surface area contributed by atoms with Gasteiger partial charge in [0, 0.05) is 24.7 Å². The third-order valence-corrected chi connectivity index (χ3v) is 5.61. The number of furan rings is 1. The third kappa shape index (κ3) is 2.77. The van der Waals surface area contributed by atoms with Crippen LogP contribution in [0, 0.1) is 0 Å². The van der Waals surface area contributed by atoms with Crippen LogP contribution in [-0.2, 0) is 21.2 Å². The van der Waals surface area contributed by atoms with E-state index in [2.05, 4.69) is 9.71 Å². The molecule has 1 N–H and O–H groups in total. The second-order valence-electron chi connectivity index (χ2n) is 6.06. The van der Waals surface area contributed by atoms with E-state index in [-0.39, 0.29) is 17.7 Å². The van der Waals surface area contributed by atoms with Gasteiger partial charge in [0.05, 0.1) is 23.6 Å². The van der Waals surface area contributed by atoms with Crippen LogP contribution in [0.5, 0.6) is 0 Å². The molecule has 7 nitrogen and oxygen atoms in total. The van der Waals surface area contributed by atoms with Crippen molar-refractivity contribution in [2.75, 3.05) is 12.3 Å². The molecule has 0 bridgehead atoms. The molecule has 0 radical (unpaired) electrons. The molecule has 4 rings (SSSR count). The van der Waals surface area contributed by atoms with Gasteiger partial charge in [0.15, 0.2) is 0 Å². The summed E-state index contributed by atoms with van der Waals surface area (Å²) < 4.78 is 32.2. The minimum atomic E-state index is -3.39. The SMILES string of the molecule is O=C(NC1CCCc2occc21)C1=CN2CCS(=O)(=O)N=C2C=C1. The summed E-state index contributed by atoms with van der Waals surface area (Å²) in [7, 11) is -3.39. The highest BCUT2D eigenvalue weighted by Gasteiger charge is 2.27. The zero-order valence-corrected chi connectivity index (χ0v) is 13.8. The molecular formula is C16H17N3O4S. The van der Waals surface area contributed by atoms with E-state index < -0.39 is 10.0 Å². The molecule has 8 heteroatoms. The van der Waals surface area contributed by atoms with Crippen molar-refractivity contribution in [1.29, 1.82) is 0 Å². The first-order chi connectivity index (χ1) is 11.5. The molecular weight excluding hydrogens is 330 g/mol. The lowest BCUT2D eigenvalue weighted by Crippen LogP contribution is -2.38. The van der Waals surface area contributed by atoms with Gasteiger partial charge in [-0.3, -0.25) is 4.79 Å². The molecule has 2 aliphatic heterocycles. The fraction of sp³-hybridized carbons (Fsp3) is 0.375. The average Bonchev–Trinajstić information content (AvgIpc) is 3.03. The fourth-order valence-electron chi connectivity index (χ4n) is 3.21. The van der Waals surface area contributed by atoms with Crippen LogP contribution in [0.25, 0.3) is 0 Å². The Labute approximate surface area is 139 Å². The predicted molar refractivity (Wildman–Crippen MR) is 87.7 cm³/mol. The first-order valence-electron chi connectivity index (χ1n) is 7.88. The van der Waals surface area contributed by atoms with Gasteiger partial charge in [-0.25, -0.2) is 8.42 Å². The third-order valence-electron chi connectivity index (χ3n) is 4.44. The van der Waals surface area contributed by atoms with Gasteiger partial charge >= 0.3 is 0 Å². The van der Waals surface area contributed by atoms with Crippen LogP contribution < -0.4 is 5.32 Å². The van der Waals surface area contributed by atoms with Gasteiger partial charge in [-0.1, -0.05) is 0 Å². The van der Waals surface area contributed by atoms with Crippen LogP contribution >= 0.6 is 0 Å². The molecule has 1 amide bonds. The molecule has 1 aromatic rings. The lowest BCUT2D eigenvalue weighted by Gasteiger charge is -2.28. The molecule has 24 heavy (non-hydrogen) atoms. The second-order valence-corrected chi connectivity index (χ2v) is 7.82. The normalized spacial score (nSPS) is 24.5. The summed E-state index contributed by atoms with van der Waals surface area (Å²) in [5.41, 5.74) is 1.53. The summed E-state index contributed by atoms with van der Waals surface area (Å²) in [4.78, 5) is 14.2. The molecule has 0 saturated heterocycles. The van der Waals surface area contributed by atoms with E-state index in [9.17, 15) is 13.2 Å². The fourth-order valence-corrected chi connectivity index (χ4v) is 4.18. The molecule has 3 heterocycles. The Morgan fingerprint density at radius 1 is 1.38 bits per heavy atom. The minimum absolute atomic E-state index is 0.0449. The van der Waals surface area contributed by atoms with E-state index in [0.29, 0.717) is 18.0 Å². The van der Waals surface area contributed by atoms with E-state index in [1.807, 2.05) is 6.07 Å². The number of amidine groups is 1. The number of amides is 1. The van der Waals surface area contributed by atoms with E-state index in [1.165, 1.54) is 0 Å². The summed E-state index contributed by atoms with van der Waals surface area (Å²) >= 11 is 0. The van der Waals surface area contributed by atoms with Gasteiger partial charge in [0.25, 0.3) is 15.9 Å². The zero-order valence-electron chi connectivity index (χ0n) is 12.9. The topological polar surface area (TPSA) is 92.0 Å². The first-order valence-corrected chi connectivity index (χ1v) is 9.49. The number of rotatable bonds is 2. The van der Waals surface area contributed by atoms with E-state index in [0.717, 1.165) is 30.6 Å². The van der Waals surface area contributed by atoms with Crippen molar-refractivity contribution in [3.8, 4) is 0 Å². The van der Waals surface area contributed by atoms with Crippen LogP contribution in [0.4, 0.5) is 0 Å². The number of carbonyl (C=O) groups excluding carboxylic acids is 1. The molecule has 1 atom stereocenters. The van der Waals surface area contributed by atoms with E-state index in [4.69, 9.17) is 4.42 Å². The van der Waals surface area contributed by atoms with Crippen LogP contribution in [0.3, 0.4) is 0 Å². The lowest BCUT2D eigenvalue weighted by molar-refractivity contribution is -0.118. The Morgan fingerprint density at radius 2 is 2.25 bits per heavy atom. The van der Waals surface area contributed by atoms with Crippen molar-refractivity contribution < 1.29 is 17.6 Å². The van der Waals surface area contributed by atoms with Crippen LogP contribution in [0.15, 0.2) is 45.1 Å². The van der Waals surface area contributed by atoms with Crippen LogP contribution in [0.2, 0.25) is 0 Å². The first kappa shape index (κ1) is 15.2. The maximum absolute atomic E-state index is 12.6. The van der Waals surface area contributed by atoms with Gasteiger partial charge in [-0.05, 0) is 31.1 Å². The number of sulfonamides is 1. The number of fused-ring (bicyclic) bond motifs is 2. The Bertz CT molecular complexity index is 879. The second kappa shape index (κ2) is 5.62. The maximum atomic E-state index is 12.6. The molecule has 3 aliphatic rings. The molecule has 0 fully saturated rings. The molecule has 0 saturated carbocycles. The predicted octanol–water partition coefficient (Wildman–Crippen LogP) is 1.27. The molecule has 1 aliphatic carbocycles. The number of hydrogen-bond donors (Lipinski definition) is 1. The number of aryl methyl sites for hydroxylation is 1. The zero-order chi connectivity index (χ0) is 16.7. The lowest BCUT2D eigenvalue weighted by atomic mass is 9.93. The number of carbonyl (C=O) groups is 1. The van der Waals surface area contributed by atoms with Crippen molar-refractivity contribution in [3.05, 3.63) is 47.6 Å². The summed E-state index contributed by atoms with van der Waals surface area (Å²) in [6.07, 6.45) is 9.23. The van der Waals surface area contributed by atoms with Gasteiger partial charge in [-0.2, -0.15) is 0 Å². The maximum Gasteiger partial charge on any atom is 0.256 e. The van der Waals surface area contributed by atoms with Crippen LogP contribution in [0.1, 0.15) is 30.2 Å². The van der Waals surface area contributed by atoms with Crippen molar-refractivity contribution in [2.24, 2.45) is 4.40 Å². The Kier molecular flexibility index (Phi) is 3.56. The minimum Gasteiger partial charge on any atom is -0.469 e. The van der Waals surface area contributed by atoms with Crippen molar-refractivity contribution in [3.63, 3.8) is 0 Å². The molecule has 0 aromatic carbocycles. The van der Waals surface area contributed by atoms with Gasteiger partial charge in [0.1, 0.15) is 11.6 Å². The van der Waals surface area contributed by atoms with E-state index in [1.54, 1.807) is 29.5 Å². The van der Waals surface area contributed by atoms with Gasteiger partial charge in [-0.15, -0.1) is 4.40 Å². The average molecular weight is 347 g/mol. The highest BCUT2D eigenvalue weighted by Crippen LogP contribution is 2.30. The van der Waals surface area contributed by atoms with E-state index >= 15 is 0 Å². The largest absolute Gasteiger partial charge is 0.469 e. The Balaban J connectivity index is 1.51. The highest BCUT2D eigenvalue weighted by atomic mass is 32.2. The molecule has 126 valence electrons. The summed E-state index contributed by atoms with van der Waals surface area (Å²) in [5, 5.41) is 3.04. The smallest absolute Gasteiger partial charge is 0.256 e. The van der Waals surface area contributed by atoms with Crippen molar-refractivity contribution in [2.45, 2.75) is 25.3 Å². The number of nitrogens with one attached hydrogen (secondary N) is 1. The Morgan fingerprint density at radius 3 is 3.12 bits per heavy atom. The number of nitrogens with zero attached hydrogens (tertiary/aromatic N) is 2.